The number of benzene rings is 3. The zero-order valence-corrected chi connectivity index (χ0v) is 14.6. The van der Waals surface area contributed by atoms with Gasteiger partial charge in [0.25, 0.3) is 5.91 Å². The number of fused-ring (bicyclic) bond motifs is 1. The van der Waals surface area contributed by atoms with Gasteiger partial charge in [0.05, 0.1) is 0 Å². The highest BCUT2D eigenvalue weighted by molar-refractivity contribution is 5.94. The lowest BCUT2D eigenvalue weighted by Gasteiger charge is -2.15. The van der Waals surface area contributed by atoms with Gasteiger partial charge in [-0.05, 0) is 52.8 Å². The number of carbonyl (C=O) groups excluding carboxylic acids is 1. The van der Waals surface area contributed by atoms with Gasteiger partial charge >= 0.3 is 0 Å². The molecule has 3 aromatic rings. The normalized spacial score (nSPS) is 12.5. The Hall–Kier alpha value is -3.13. The zero-order chi connectivity index (χ0) is 17.8. The van der Waals surface area contributed by atoms with Gasteiger partial charge in [-0.15, -0.1) is 0 Å². The molecule has 0 spiro atoms. The smallest absolute Gasteiger partial charge is 0.251 e. The van der Waals surface area contributed by atoms with E-state index in [9.17, 15) is 4.79 Å². The summed E-state index contributed by atoms with van der Waals surface area (Å²) in [6.07, 6.45) is 6.66. The lowest BCUT2D eigenvalue weighted by molar-refractivity contribution is 0.0951. The van der Waals surface area contributed by atoms with Crippen LogP contribution >= 0.6 is 0 Å². The first-order valence-corrected chi connectivity index (χ1v) is 9.02. The maximum absolute atomic E-state index is 12.4. The van der Waals surface area contributed by atoms with Gasteiger partial charge in [-0.1, -0.05) is 72.8 Å². The topological polar surface area (TPSA) is 29.1 Å². The molecule has 0 aromatic heterocycles. The van der Waals surface area contributed by atoms with Crippen LogP contribution in [0, 0.1) is 0 Å². The van der Waals surface area contributed by atoms with Gasteiger partial charge in [0.15, 0.2) is 0 Å². The molecule has 0 saturated heterocycles. The molecule has 0 fully saturated rings. The van der Waals surface area contributed by atoms with Crippen molar-refractivity contribution in [3.8, 4) is 11.1 Å². The molecule has 1 aliphatic rings. The van der Waals surface area contributed by atoms with E-state index in [0.29, 0.717) is 12.1 Å². The Bertz CT molecular complexity index is 940. The number of allylic oxidation sites excluding steroid dienone is 1. The summed E-state index contributed by atoms with van der Waals surface area (Å²) in [6.45, 7) is 0.540. The van der Waals surface area contributed by atoms with E-state index >= 15 is 0 Å². The third kappa shape index (κ3) is 3.45. The third-order valence-corrected chi connectivity index (χ3v) is 4.82. The first kappa shape index (κ1) is 16.3. The highest BCUT2D eigenvalue weighted by Crippen LogP contribution is 2.30. The highest BCUT2D eigenvalue weighted by atomic mass is 16.1. The average Bonchev–Trinajstić information content (AvgIpc) is 2.72. The molecule has 2 nitrogen and oxygen atoms in total. The summed E-state index contributed by atoms with van der Waals surface area (Å²) in [5, 5.41) is 2.97. The second-order valence-electron chi connectivity index (χ2n) is 6.57. The van der Waals surface area contributed by atoms with Crippen molar-refractivity contribution in [2.24, 2.45) is 0 Å². The van der Waals surface area contributed by atoms with Crippen molar-refractivity contribution in [2.45, 2.75) is 19.4 Å². The van der Waals surface area contributed by atoms with Gasteiger partial charge in [0, 0.05) is 12.1 Å². The van der Waals surface area contributed by atoms with Crippen molar-refractivity contribution in [1.29, 1.82) is 0 Å². The minimum Gasteiger partial charge on any atom is -0.348 e. The standard InChI is InChI=1S/C24H21NO/c26-24(25-17-18-7-2-1-3-8-18)21-15-13-20(14-16-21)23-12-6-10-19-9-4-5-11-22(19)23/h1-3,5-8,10-16H,4,9,17H2,(H,25,26). The Kier molecular flexibility index (Phi) is 4.65. The van der Waals surface area contributed by atoms with E-state index < -0.39 is 0 Å². The molecule has 0 heterocycles. The second kappa shape index (κ2) is 7.40. The SMILES string of the molecule is O=C(NCc1ccccc1)c1ccc(-c2cccc3c2C=CCC3)cc1. The number of nitrogens with one attached hydrogen (secondary N) is 1. The van der Waals surface area contributed by atoms with Crippen LogP contribution in [0.5, 0.6) is 0 Å². The van der Waals surface area contributed by atoms with Gasteiger partial charge < -0.3 is 5.32 Å². The fourth-order valence-electron chi connectivity index (χ4n) is 3.40. The minimum absolute atomic E-state index is 0.0459. The van der Waals surface area contributed by atoms with Crippen molar-refractivity contribution in [3.05, 3.63) is 101 Å². The quantitative estimate of drug-likeness (QED) is 0.692. The molecule has 128 valence electrons. The van der Waals surface area contributed by atoms with Crippen LogP contribution in [0.4, 0.5) is 0 Å². The van der Waals surface area contributed by atoms with Gasteiger partial charge in [0.1, 0.15) is 0 Å². The monoisotopic (exact) mass is 339 g/mol. The summed E-state index contributed by atoms with van der Waals surface area (Å²) >= 11 is 0. The predicted octanol–water partition coefficient (Wildman–Crippen LogP) is 5.24. The van der Waals surface area contributed by atoms with Gasteiger partial charge in [0.2, 0.25) is 0 Å². The molecule has 0 unspecified atom stereocenters. The molecule has 2 heteroatoms. The summed E-state index contributed by atoms with van der Waals surface area (Å²) in [6, 6.07) is 24.3. The summed E-state index contributed by atoms with van der Waals surface area (Å²) < 4.78 is 0. The molecule has 1 aliphatic carbocycles. The molecule has 0 radical (unpaired) electrons. The fraction of sp³-hybridized carbons (Fsp3) is 0.125. The molecule has 3 aromatic carbocycles. The van der Waals surface area contributed by atoms with Crippen LogP contribution in [0.1, 0.15) is 33.5 Å². The first-order chi connectivity index (χ1) is 12.8. The first-order valence-electron chi connectivity index (χ1n) is 9.02. The molecule has 4 rings (SSSR count). The Morgan fingerprint density at radius 3 is 2.50 bits per heavy atom. The fourth-order valence-corrected chi connectivity index (χ4v) is 3.40. The molecular weight excluding hydrogens is 318 g/mol. The third-order valence-electron chi connectivity index (χ3n) is 4.82. The average molecular weight is 339 g/mol. The Balaban J connectivity index is 1.51. The Morgan fingerprint density at radius 2 is 1.69 bits per heavy atom. The van der Waals surface area contributed by atoms with Crippen LogP contribution in [-0.4, -0.2) is 5.91 Å². The lowest BCUT2D eigenvalue weighted by atomic mass is 9.90. The van der Waals surface area contributed by atoms with E-state index in [0.717, 1.165) is 24.0 Å². The maximum atomic E-state index is 12.4. The number of aryl methyl sites for hydroxylation is 1. The number of carbonyl (C=O) groups is 1. The van der Waals surface area contributed by atoms with E-state index in [2.05, 4.69) is 35.7 Å². The van der Waals surface area contributed by atoms with Crippen molar-refractivity contribution < 1.29 is 4.79 Å². The molecule has 0 atom stereocenters. The zero-order valence-electron chi connectivity index (χ0n) is 14.6. The van der Waals surface area contributed by atoms with Crippen molar-refractivity contribution >= 4 is 12.0 Å². The van der Waals surface area contributed by atoms with E-state index in [1.54, 1.807) is 0 Å². The van der Waals surface area contributed by atoms with Gasteiger partial charge in [-0.3, -0.25) is 4.79 Å². The summed E-state index contributed by atoms with van der Waals surface area (Å²) in [5.74, 6) is -0.0459. The highest BCUT2D eigenvalue weighted by Gasteiger charge is 2.11. The summed E-state index contributed by atoms with van der Waals surface area (Å²) in [4.78, 5) is 12.4. The van der Waals surface area contributed by atoms with E-state index in [1.807, 2.05) is 54.6 Å². The predicted molar refractivity (Wildman–Crippen MR) is 107 cm³/mol. The molecule has 0 aliphatic heterocycles. The molecular formula is C24H21NO. The number of amides is 1. The van der Waals surface area contributed by atoms with Crippen LogP contribution in [0.2, 0.25) is 0 Å². The van der Waals surface area contributed by atoms with Crippen molar-refractivity contribution in [3.63, 3.8) is 0 Å². The minimum atomic E-state index is -0.0459. The van der Waals surface area contributed by atoms with Crippen LogP contribution in [-0.2, 0) is 13.0 Å². The van der Waals surface area contributed by atoms with E-state index in [4.69, 9.17) is 0 Å². The summed E-state index contributed by atoms with van der Waals surface area (Å²) in [7, 11) is 0. The molecule has 1 N–H and O–H groups in total. The van der Waals surface area contributed by atoms with Crippen LogP contribution < -0.4 is 5.32 Å². The largest absolute Gasteiger partial charge is 0.348 e. The van der Waals surface area contributed by atoms with E-state index in [1.165, 1.54) is 16.7 Å². The van der Waals surface area contributed by atoms with Crippen LogP contribution in [0.15, 0.2) is 78.9 Å². The van der Waals surface area contributed by atoms with Crippen molar-refractivity contribution in [1.82, 2.24) is 5.32 Å². The lowest BCUT2D eigenvalue weighted by Crippen LogP contribution is -2.22. The van der Waals surface area contributed by atoms with Crippen LogP contribution in [0.25, 0.3) is 17.2 Å². The number of rotatable bonds is 4. The van der Waals surface area contributed by atoms with E-state index in [-0.39, 0.29) is 5.91 Å². The van der Waals surface area contributed by atoms with Crippen LogP contribution in [0.3, 0.4) is 0 Å². The molecule has 0 saturated carbocycles. The van der Waals surface area contributed by atoms with Gasteiger partial charge in [-0.2, -0.15) is 0 Å². The summed E-state index contributed by atoms with van der Waals surface area (Å²) in [5.41, 5.74) is 6.86. The number of hydrogen-bond acceptors (Lipinski definition) is 1. The maximum Gasteiger partial charge on any atom is 0.251 e. The molecule has 1 amide bonds. The Labute approximate surface area is 154 Å². The van der Waals surface area contributed by atoms with Gasteiger partial charge in [-0.25, -0.2) is 0 Å². The second-order valence-corrected chi connectivity index (χ2v) is 6.57. The molecule has 26 heavy (non-hydrogen) atoms. The Morgan fingerprint density at radius 1 is 0.885 bits per heavy atom. The van der Waals surface area contributed by atoms with Crippen molar-refractivity contribution in [2.75, 3.05) is 0 Å². The molecule has 0 bridgehead atoms. The number of hydrogen-bond donors (Lipinski definition) is 1.